The first-order valence-electron chi connectivity index (χ1n) is 9.06. The molecule has 1 unspecified atom stereocenters. The van der Waals surface area contributed by atoms with Crippen LogP contribution in [0.1, 0.15) is 22.8 Å². The molecule has 0 bridgehead atoms. The van der Waals surface area contributed by atoms with Crippen LogP contribution in [0.15, 0.2) is 48.8 Å². The van der Waals surface area contributed by atoms with E-state index in [2.05, 4.69) is 15.2 Å². The summed E-state index contributed by atoms with van der Waals surface area (Å²) in [5.41, 5.74) is 1.96. The lowest BCUT2D eigenvalue weighted by molar-refractivity contribution is -0.145. The van der Waals surface area contributed by atoms with Gasteiger partial charge in [0.1, 0.15) is 30.0 Å². The monoisotopic (exact) mass is 379 g/mol. The molecule has 28 heavy (non-hydrogen) atoms. The largest absolute Gasteiger partial charge is 0.487 e. The fraction of sp³-hybridized carbons (Fsp3) is 0.300. The molecular weight excluding hydrogens is 358 g/mol. The Morgan fingerprint density at radius 1 is 1.21 bits per heavy atom. The zero-order chi connectivity index (χ0) is 19.5. The number of hydrogen-bond donors (Lipinski definition) is 1. The van der Waals surface area contributed by atoms with Gasteiger partial charge in [-0.15, -0.1) is 10.2 Å². The van der Waals surface area contributed by atoms with Crippen LogP contribution in [0.4, 0.5) is 0 Å². The van der Waals surface area contributed by atoms with Crippen LogP contribution in [0.3, 0.4) is 0 Å². The molecule has 0 radical (unpaired) electrons. The van der Waals surface area contributed by atoms with Crippen molar-refractivity contribution >= 4 is 5.97 Å². The van der Waals surface area contributed by atoms with E-state index in [1.807, 2.05) is 52.8 Å². The molecule has 1 atom stereocenters. The van der Waals surface area contributed by atoms with Crippen molar-refractivity contribution in [2.75, 3.05) is 0 Å². The van der Waals surface area contributed by atoms with Crippen LogP contribution in [0, 0.1) is 6.92 Å². The third kappa shape index (κ3) is 3.86. The van der Waals surface area contributed by atoms with Crippen LogP contribution in [0.5, 0.6) is 5.75 Å². The maximum Gasteiger partial charge on any atom is 0.322 e. The minimum atomic E-state index is -0.858. The van der Waals surface area contributed by atoms with Crippen molar-refractivity contribution in [1.82, 2.24) is 24.6 Å². The zero-order valence-corrected chi connectivity index (χ0v) is 15.5. The van der Waals surface area contributed by atoms with Crippen molar-refractivity contribution in [3.63, 3.8) is 0 Å². The molecule has 0 saturated heterocycles. The maximum atomic E-state index is 11.8. The number of aromatic nitrogens is 4. The average Bonchev–Trinajstić information content (AvgIpc) is 3.07. The van der Waals surface area contributed by atoms with Gasteiger partial charge in [-0.3, -0.25) is 14.7 Å². The average molecular weight is 379 g/mol. The quantitative estimate of drug-likeness (QED) is 0.700. The second kappa shape index (κ2) is 7.77. The van der Waals surface area contributed by atoms with E-state index < -0.39 is 12.0 Å². The highest BCUT2D eigenvalue weighted by Gasteiger charge is 2.33. The summed E-state index contributed by atoms with van der Waals surface area (Å²) in [6.07, 6.45) is 3.40. The molecule has 4 rings (SSSR count). The first-order valence-corrected chi connectivity index (χ1v) is 9.06. The summed E-state index contributed by atoms with van der Waals surface area (Å²) in [6.45, 7) is 3.49. The lowest BCUT2D eigenvalue weighted by atomic mass is 10.1. The van der Waals surface area contributed by atoms with Crippen LogP contribution in [-0.4, -0.2) is 41.8 Å². The molecule has 0 spiro atoms. The number of nitrogens with zero attached hydrogens (tertiary/aromatic N) is 5. The SMILES string of the molecule is Cc1nnc2n1CC(C(=O)O)N(Cc1cncc(OCc3ccccc3)c1)C2. The number of fused-ring (bicyclic) bond motifs is 1. The zero-order valence-electron chi connectivity index (χ0n) is 15.5. The van der Waals surface area contributed by atoms with Crippen molar-refractivity contribution in [3.8, 4) is 5.75 Å². The Labute approximate surface area is 162 Å². The maximum absolute atomic E-state index is 11.8. The molecule has 1 aliphatic rings. The van der Waals surface area contributed by atoms with Crippen LogP contribution >= 0.6 is 0 Å². The molecule has 3 aromatic rings. The van der Waals surface area contributed by atoms with Crippen molar-refractivity contribution in [2.24, 2.45) is 0 Å². The van der Waals surface area contributed by atoms with Gasteiger partial charge in [0.05, 0.1) is 19.3 Å². The third-order valence-corrected chi connectivity index (χ3v) is 4.84. The van der Waals surface area contributed by atoms with Gasteiger partial charge in [0, 0.05) is 12.7 Å². The molecule has 8 heteroatoms. The fourth-order valence-electron chi connectivity index (χ4n) is 3.36. The highest BCUT2D eigenvalue weighted by molar-refractivity contribution is 5.73. The summed E-state index contributed by atoms with van der Waals surface area (Å²) in [4.78, 5) is 17.9. The van der Waals surface area contributed by atoms with E-state index in [-0.39, 0.29) is 0 Å². The summed E-state index contributed by atoms with van der Waals surface area (Å²) < 4.78 is 7.70. The third-order valence-electron chi connectivity index (χ3n) is 4.84. The van der Waals surface area contributed by atoms with Crippen molar-refractivity contribution in [3.05, 3.63) is 71.6 Å². The number of benzene rings is 1. The summed E-state index contributed by atoms with van der Waals surface area (Å²) in [5.74, 6) is 1.31. The number of hydrogen-bond acceptors (Lipinski definition) is 6. The Bertz CT molecular complexity index is 973. The number of aliphatic carboxylic acids is 1. The molecular formula is C20H21N5O3. The van der Waals surface area contributed by atoms with Crippen LogP contribution in [-0.2, 0) is 31.0 Å². The summed E-state index contributed by atoms with van der Waals surface area (Å²) in [5, 5.41) is 17.9. The second-order valence-corrected chi connectivity index (χ2v) is 6.84. The van der Waals surface area contributed by atoms with Gasteiger partial charge in [0.25, 0.3) is 0 Å². The first-order chi connectivity index (χ1) is 13.6. The first kappa shape index (κ1) is 18.1. The Hall–Kier alpha value is -3.26. The predicted molar refractivity (Wildman–Crippen MR) is 100 cm³/mol. The Kier molecular flexibility index (Phi) is 5.03. The van der Waals surface area contributed by atoms with Crippen molar-refractivity contribution in [2.45, 2.75) is 39.2 Å². The lowest BCUT2D eigenvalue weighted by Gasteiger charge is -2.33. The minimum absolute atomic E-state index is 0.334. The van der Waals surface area contributed by atoms with E-state index in [9.17, 15) is 9.90 Å². The van der Waals surface area contributed by atoms with Gasteiger partial charge in [-0.25, -0.2) is 0 Å². The Balaban J connectivity index is 1.48. The molecule has 3 heterocycles. The molecule has 8 nitrogen and oxygen atoms in total. The number of carbonyl (C=O) groups is 1. The smallest absolute Gasteiger partial charge is 0.322 e. The minimum Gasteiger partial charge on any atom is -0.487 e. The van der Waals surface area contributed by atoms with Crippen LogP contribution < -0.4 is 4.74 Å². The molecule has 1 aliphatic heterocycles. The molecule has 1 N–H and O–H groups in total. The van der Waals surface area contributed by atoms with E-state index in [1.165, 1.54) is 0 Å². The molecule has 0 amide bonds. The van der Waals surface area contributed by atoms with E-state index in [0.29, 0.717) is 32.0 Å². The molecule has 144 valence electrons. The highest BCUT2D eigenvalue weighted by Crippen LogP contribution is 2.22. The summed E-state index contributed by atoms with van der Waals surface area (Å²) >= 11 is 0. The number of carboxylic acids is 1. The van der Waals surface area contributed by atoms with Crippen molar-refractivity contribution in [1.29, 1.82) is 0 Å². The molecule has 0 saturated carbocycles. The summed E-state index contributed by atoms with van der Waals surface area (Å²) in [7, 11) is 0. The Morgan fingerprint density at radius 3 is 2.82 bits per heavy atom. The van der Waals surface area contributed by atoms with Gasteiger partial charge in [-0.2, -0.15) is 0 Å². The normalized spacial score (nSPS) is 16.5. The Morgan fingerprint density at radius 2 is 2.04 bits per heavy atom. The topological polar surface area (TPSA) is 93.4 Å². The van der Waals surface area contributed by atoms with Gasteiger partial charge >= 0.3 is 5.97 Å². The van der Waals surface area contributed by atoms with Gasteiger partial charge < -0.3 is 14.4 Å². The van der Waals surface area contributed by atoms with Crippen LogP contribution in [0.25, 0.3) is 0 Å². The van der Waals surface area contributed by atoms with E-state index in [1.54, 1.807) is 12.4 Å². The number of aryl methyl sites for hydroxylation is 1. The standard InChI is InChI=1S/C20H21N5O3/c1-14-22-23-19-12-24(18(20(26)27)11-25(14)19)10-16-7-17(9-21-8-16)28-13-15-5-3-2-4-6-15/h2-9,18H,10-13H2,1H3,(H,26,27). The van der Waals surface area contributed by atoms with Gasteiger partial charge in [-0.1, -0.05) is 30.3 Å². The number of carboxylic acid groups (broad SMARTS) is 1. The van der Waals surface area contributed by atoms with E-state index in [4.69, 9.17) is 4.74 Å². The second-order valence-electron chi connectivity index (χ2n) is 6.84. The van der Waals surface area contributed by atoms with Crippen molar-refractivity contribution < 1.29 is 14.6 Å². The fourth-order valence-corrected chi connectivity index (χ4v) is 3.36. The number of pyridine rings is 1. The molecule has 2 aromatic heterocycles. The van der Waals surface area contributed by atoms with Gasteiger partial charge in [-0.05, 0) is 24.1 Å². The molecule has 0 aliphatic carbocycles. The predicted octanol–water partition coefficient (Wildman–Crippen LogP) is 2.03. The lowest BCUT2D eigenvalue weighted by Crippen LogP contribution is -2.47. The molecule has 1 aromatic carbocycles. The van der Waals surface area contributed by atoms with E-state index in [0.717, 1.165) is 22.8 Å². The highest BCUT2D eigenvalue weighted by atomic mass is 16.5. The molecule has 0 fully saturated rings. The number of rotatable bonds is 6. The van der Waals surface area contributed by atoms with Crippen LogP contribution in [0.2, 0.25) is 0 Å². The van der Waals surface area contributed by atoms with Gasteiger partial charge in [0.15, 0.2) is 0 Å². The van der Waals surface area contributed by atoms with E-state index >= 15 is 0 Å². The van der Waals surface area contributed by atoms with Gasteiger partial charge in [0.2, 0.25) is 0 Å². The number of ether oxygens (including phenoxy) is 1. The summed E-state index contributed by atoms with van der Waals surface area (Å²) in [6, 6.07) is 11.2.